The van der Waals surface area contributed by atoms with Crippen LogP contribution < -0.4 is 4.74 Å². The lowest BCUT2D eigenvalue weighted by Gasteiger charge is -2.39. The van der Waals surface area contributed by atoms with E-state index in [1.807, 2.05) is 36.1 Å². The first-order valence-corrected chi connectivity index (χ1v) is 21.4. The summed E-state index contributed by atoms with van der Waals surface area (Å²) >= 11 is 19.3. The average Bonchev–Trinajstić information content (AvgIpc) is 3.78. The van der Waals surface area contributed by atoms with E-state index in [4.69, 9.17) is 44.5 Å². The van der Waals surface area contributed by atoms with Crippen molar-refractivity contribution in [3.63, 3.8) is 0 Å². The topological polar surface area (TPSA) is 120 Å². The normalized spacial score (nSPS) is 20.1. The molecule has 0 N–H and O–H groups in total. The number of rotatable bonds is 10. The molecule has 3 heterocycles. The van der Waals surface area contributed by atoms with Crippen molar-refractivity contribution in [3.8, 4) is 5.75 Å². The molecule has 2 saturated heterocycles. The van der Waals surface area contributed by atoms with Crippen molar-refractivity contribution in [2.75, 3.05) is 64.4 Å². The number of amidine groups is 1. The van der Waals surface area contributed by atoms with E-state index in [-0.39, 0.29) is 52.3 Å². The minimum atomic E-state index is -3.98. The predicted molar refractivity (Wildman–Crippen MR) is 208 cm³/mol. The fourth-order valence-corrected chi connectivity index (χ4v) is 9.59. The van der Waals surface area contributed by atoms with Crippen LogP contribution >= 0.6 is 47.2 Å². The van der Waals surface area contributed by atoms with Crippen molar-refractivity contribution in [2.45, 2.75) is 36.7 Å². The highest BCUT2D eigenvalue weighted by molar-refractivity contribution is 7.90. The fourth-order valence-electron chi connectivity index (χ4n) is 6.71. The van der Waals surface area contributed by atoms with E-state index in [0.29, 0.717) is 61.4 Å². The molecule has 52 heavy (non-hydrogen) atoms. The Kier molecular flexibility index (Phi) is 13.1. The van der Waals surface area contributed by atoms with Gasteiger partial charge < -0.3 is 9.64 Å². The third-order valence-electron chi connectivity index (χ3n) is 9.37. The molecule has 0 bridgehead atoms. The Morgan fingerprint density at radius 2 is 1.42 bits per heavy atom. The molecule has 0 saturated carbocycles. The summed E-state index contributed by atoms with van der Waals surface area (Å²) < 4.78 is 59.0. The number of amides is 2. The van der Waals surface area contributed by atoms with Gasteiger partial charge in [-0.25, -0.2) is 21.6 Å². The molecule has 2 fully saturated rings. The second kappa shape index (κ2) is 16.8. The van der Waals surface area contributed by atoms with Gasteiger partial charge in [0.05, 0.1) is 29.0 Å². The maximum atomic E-state index is 14.9. The summed E-state index contributed by atoms with van der Waals surface area (Å²) in [6, 6.07) is 15.8. The smallest absolute Gasteiger partial charge is 0.326 e. The zero-order chi connectivity index (χ0) is 36.5. The number of sulfonamides is 1. The van der Waals surface area contributed by atoms with Gasteiger partial charge in [-0.05, 0) is 61.2 Å². The Morgan fingerprint density at radius 3 is 1.98 bits per heavy atom. The summed E-state index contributed by atoms with van der Waals surface area (Å²) in [4.78, 5) is 25.4. The number of sulfone groups is 1. The number of hydrogen-bond donors (Lipinski definition) is 0. The minimum absolute atomic E-state index is 0. The number of benzene rings is 3. The van der Waals surface area contributed by atoms with Gasteiger partial charge in [-0.3, -0.25) is 14.8 Å². The van der Waals surface area contributed by atoms with E-state index in [9.17, 15) is 21.6 Å². The molecule has 11 nitrogen and oxygen atoms in total. The van der Waals surface area contributed by atoms with Gasteiger partial charge in [-0.15, -0.1) is 12.4 Å². The molecule has 0 aromatic heterocycles. The molecule has 282 valence electrons. The molecule has 0 unspecified atom stereocenters. The molecule has 6 rings (SSSR count). The van der Waals surface area contributed by atoms with Gasteiger partial charge in [0.2, 0.25) is 10.0 Å². The number of urea groups is 1. The van der Waals surface area contributed by atoms with E-state index in [2.05, 4.69) is 0 Å². The molecule has 0 aliphatic carbocycles. The summed E-state index contributed by atoms with van der Waals surface area (Å²) in [6.07, 6.45) is 2.72. The Labute approximate surface area is 326 Å². The third kappa shape index (κ3) is 8.84. The van der Waals surface area contributed by atoms with Gasteiger partial charge in [0, 0.05) is 68.2 Å². The molecular formula is C35H41Cl4N5O6S2. The first-order valence-electron chi connectivity index (χ1n) is 16.8. The van der Waals surface area contributed by atoms with Crippen LogP contribution in [0.25, 0.3) is 0 Å². The number of ether oxygens (including phenoxy) is 1. The van der Waals surface area contributed by atoms with Crippen LogP contribution in [0.3, 0.4) is 0 Å². The van der Waals surface area contributed by atoms with Crippen molar-refractivity contribution in [3.05, 3.63) is 92.4 Å². The quantitative estimate of drug-likeness (QED) is 0.227. The summed E-state index contributed by atoms with van der Waals surface area (Å²) in [5.41, 5.74) is 1.86. The van der Waals surface area contributed by atoms with Gasteiger partial charge in [0.25, 0.3) is 0 Å². The van der Waals surface area contributed by atoms with E-state index < -0.39 is 31.9 Å². The van der Waals surface area contributed by atoms with Crippen LogP contribution in [0.5, 0.6) is 5.75 Å². The Hall–Kier alpha value is -2.62. The molecule has 3 aliphatic heterocycles. The van der Waals surface area contributed by atoms with Crippen LogP contribution in [-0.4, -0.2) is 112 Å². The van der Waals surface area contributed by atoms with Crippen LogP contribution in [0, 0.1) is 0 Å². The second-order valence-corrected chi connectivity index (χ2v) is 18.3. The first kappa shape index (κ1) is 40.6. The van der Waals surface area contributed by atoms with Gasteiger partial charge in [-0.1, -0.05) is 59.1 Å². The highest BCUT2D eigenvalue weighted by Crippen LogP contribution is 2.46. The lowest BCUT2D eigenvalue weighted by Crippen LogP contribution is -2.54. The average molecular weight is 834 g/mol. The number of carbonyl (C=O) groups is 1. The largest absolute Gasteiger partial charge is 0.493 e. The summed E-state index contributed by atoms with van der Waals surface area (Å²) in [5, 5.41) is 1.08. The van der Waals surface area contributed by atoms with Gasteiger partial charge in [0.15, 0.2) is 0 Å². The fraction of sp³-hybridized carbons (Fsp3) is 0.429. The lowest BCUT2D eigenvalue weighted by molar-refractivity contribution is 0.122. The van der Waals surface area contributed by atoms with Crippen LogP contribution in [0.15, 0.2) is 70.6 Å². The summed E-state index contributed by atoms with van der Waals surface area (Å²) in [6.45, 7) is 4.87. The molecule has 3 aliphatic rings. The summed E-state index contributed by atoms with van der Waals surface area (Å²) in [7, 11) is -7.12. The summed E-state index contributed by atoms with van der Waals surface area (Å²) in [5.74, 6) is 0.555. The maximum absolute atomic E-state index is 14.9. The zero-order valence-electron chi connectivity index (χ0n) is 28.8. The van der Waals surface area contributed by atoms with Crippen molar-refractivity contribution in [1.82, 2.24) is 19.0 Å². The number of aliphatic imine (C=N–C) groups is 1. The van der Waals surface area contributed by atoms with Gasteiger partial charge in [0.1, 0.15) is 32.4 Å². The van der Waals surface area contributed by atoms with Crippen LogP contribution in [0.4, 0.5) is 4.79 Å². The highest BCUT2D eigenvalue weighted by Gasteiger charge is 2.45. The Bertz CT molecular complexity index is 2000. The minimum Gasteiger partial charge on any atom is -0.493 e. The van der Waals surface area contributed by atoms with Crippen molar-refractivity contribution in [1.29, 1.82) is 0 Å². The lowest BCUT2D eigenvalue weighted by atomic mass is 9.93. The Balaban J connectivity index is 0.00000523. The molecule has 3 aromatic rings. The predicted octanol–water partition coefficient (Wildman–Crippen LogP) is 6.58. The third-order valence-corrected chi connectivity index (χ3v) is 13.2. The molecule has 3 aromatic carbocycles. The molecule has 2 amide bonds. The van der Waals surface area contributed by atoms with Gasteiger partial charge in [-0.2, -0.15) is 4.31 Å². The van der Waals surface area contributed by atoms with Crippen molar-refractivity contribution >= 4 is 78.9 Å². The van der Waals surface area contributed by atoms with Crippen LogP contribution in [0.1, 0.15) is 48.5 Å². The number of piperazine rings is 1. The SMILES string of the molecule is CCOc1cc(Cl)c(S(=O)(=O)N2CCCC2)cc1C1=N[C@@H](c2ccc(Cl)cc2)[C@@H](c2ccc(Cl)cc2)N1C(=O)N1CCN(CCS(C)(=O)=O)CC1.Cl. The monoisotopic (exact) mass is 831 g/mol. The van der Waals surface area contributed by atoms with E-state index in [1.54, 1.807) is 34.1 Å². The number of halogens is 4. The van der Waals surface area contributed by atoms with Crippen LogP contribution in [0.2, 0.25) is 15.1 Å². The molecule has 0 spiro atoms. The second-order valence-electron chi connectivity index (χ2n) is 12.9. The van der Waals surface area contributed by atoms with Crippen molar-refractivity contribution in [2.24, 2.45) is 4.99 Å². The van der Waals surface area contributed by atoms with E-state index in [1.165, 1.54) is 22.7 Å². The van der Waals surface area contributed by atoms with Gasteiger partial charge >= 0.3 is 6.03 Å². The molecule has 0 radical (unpaired) electrons. The molecular weight excluding hydrogens is 792 g/mol. The maximum Gasteiger partial charge on any atom is 0.326 e. The number of nitrogens with zero attached hydrogens (tertiary/aromatic N) is 5. The van der Waals surface area contributed by atoms with Crippen LogP contribution in [-0.2, 0) is 19.9 Å². The zero-order valence-corrected chi connectivity index (χ0v) is 33.5. The van der Waals surface area contributed by atoms with Crippen molar-refractivity contribution < 1.29 is 26.4 Å². The molecule has 17 heteroatoms. The highest BCUT2D eigenvalue weighted by atomic mass is 35.5. The van der Waals surface area contributed by atoms with E-state index >= 15 is 0 Å². The number of carbonyl (C=O) groups excluding carboxylic acids is 1. The standard InChI is InChI=1S/C35H40Cl3N5O6S2.ClH/c1-3-49-30-23-29(38)31(51(47,48)42-14-4-5-15-42)22-28(30)34-39-32(24-6-10-26(36)11-7-24)33(25-8-12-27(37)13-9-25)43(34)35(44)41-18-16-40(17-19-41)20-21-50(2,45)46;/h6-13,22-23,32-33H,3-5,14-21H2,1-2H3;1H/t32-,33+;/m0./s1. The molecule has 2 atom stereocenters. The first-order chi connectivity index (χ1) is 24.3. The van der Waals surface area contributed by atoms with E-state index in [0.717, 1.165) is 24.0 Å². The Morgan fingerprint density at radius 1 is 0.846 bits per heavy atom. The number of hydrogen-bond acceptors (Lipinski definition) is 8.